The predicted octanol–water partition coefficient (Wildman–Crippen LogP) is 4.35. The van der Waals surface area contributed by atoms with Gasteiger partial charge in [-0.05, 0) is 66.4 Å². The molecule has 2 aromatic carbocycles. The highest BCUT2D eigenvalue weighted by Gasteiger charge is 2.38. The van der Waals surface area contributed by atoms with Gasteiger partial charge in [0.15, 0.2) is 11.3 Å². The summed E-state index contributed by atoms with van der Waals surface area (Å²) >= 11 is 0. The van der Waals surface area contributed by atoms with Gasteiger partial charge in [0.25, 0.3) is 0 Å². The molecule has 8 nitrogen and oxygen atoms in total. The highest BCUT2D eigenvalue weighted by atomic mass is 16.5. The van der Waals surface area contributed by atoms with Gasteiger partial charge < -0.3 is 34.7 Å². The summed E-state index contributed by atoms with van der Waals surface area (Å²) < 4.78 is 11.9. The number of allylic oxidation sites excluding steroid dienone is 2. The zero-order chi connectivity index (χ0) is 26.7. The van der Waals surface area contributed by atoms with Crippen LogP contribution in [0.25, 0.3) is 21.9 Å². The summed E-state index contributed by atoms with van der Waals surface area (Å²) in [5.74, 6) is -1.03. The molecule has 0 saturated carbocycles. The monoisotopic (exact) mass is 498 g/mol. The Morgan fingerprint density at radius 2 is 1.69 bits per heavy atom. The van der Waals surface area contributed by atoms with Crippen molar-refractivity contribution in [2.24, 2.45) is 0 Å². The standard InChI is InChI=1S/C28H34O8/c1-13(2)7-8-15-14(9-10-27(3,4)33)20-23(31)21-17(29)12-18-16(11-19(35-18)28(5,6)34)25(21)36-26(20)24(32)22(15)30/h7,12,19,29-30,32-34H,8-11H2,1-6H3. The van der Waals surface area contributed by atoms with E-state index in [-0.39, 0.29) is 59.1 Å². The van der Waals surface area contributed by atoms with E-state index in [2.05, 4.69) is 0 Å². The largest absolute Gasteiger partial charge is 0.507 e. The number of aryl methyl sites for hydroxylation is 1. The fourth-order valence-corrected chi connectivity index (χ4v) is 4.67. The van der Waals surface area contributed by atoms with Gasteiger partial charge in [0.1, 0.15) is 28.6 Å². The molecule has 1 atom stereocenters. The lowest BCUT2D eigenvalue weighted by Gasteiger charge is -2.24. The third kappa shape index (κ3) is 4.51. The maximum absolute atomic E-state index is 13.9. The summed E-state index contributed by atoms with van der Waals surface area (Å²) in [4.78, 5) is 13.9. The van der Waals surface area contributed by atoms with Crippen molar-refractivity contribution < 1.29 is 34.7 Å². The van der Waals surface area contributed by atoms with Crippen molar-refractivity contribution in [1.82, 2.24) is 0 Å². The van der Waals surface area contributed by atoms with E-state index in [1.165, 1.54) is 6.07 Å². The van der Waals surface area contributed by atoms with E-state index >= 15 is 0 Å². The molecule has 0 fully saturated rings. The Kier molecular flexibility index (Phi) is 6.25. The van der Waals surface area contributed by atoms with Crippen molar-refractivity contribution >= 4 is 21.9 Å². The Labute approximate surface area is 209 Å². The van der Waals surface area contributed by atoms with Crippen molar-refractivity contribution in [3.05, 3.63) is 44.6 Å². The van der Waals surface area contributed by atoms with Gasteiger partial charge in [-0.1, -0.05) is 11.6 Å². The summed E-state index contributed by atoms with van der Waals surface area (Å²) in [6.07, 6.45) is 2.23. The van der Waals surface area contributed by atoms with Gasteiger partial charge in [-0.3, -0.25) is 4.79 Å². The van der Waals surface area contributed by atoms with Crippen LogP contribution in [0.1, 0.15) is 64.7 Å². The second-order valence-electron chi connectivity index (χ2n) is 11.1. The van der Waals surface area contributed by atoms with Crippen LogP contribution in [0.2, 0.25) is 0 Å². The SMILES string of the molecule is CC(C)=CCc1c(O)c(O)c2oc3c4c(cc(O)c3c(=O)c2c1CCC(C)(C)O)OC(C(C)(C)O)C4. The van der Waals surface area contributed by atoms with Gasteiger partial charge in [-0.2, -0.15) is 0 Å². The molecule has 194 valence electrons. The molecule has 36 heavy (non-hydrogen) atoms. The van der Waals surface area contributed by atoms with Gasteiger partial charge in [-0.25, -0.2) is 0 Å². The van der Waals surface area contributed by atoms with Crippen LogP contribution < -0.4 is 10.2 Å². The molecule has 0 bridgehead atoms. The minimum atomic E-state index is -1.19. The van der Waals surface area contributed by atoms with Gasteiger partial charge in [0.05, 0.1) is 16.6 Å². The van der Waals surface area contributed by atoms with Crippen LogP contribution in [-0.2, 0) is 19.3 Å². The Balaban J connectivity index is 2.08. The molecule has 5 N–H and O–H groups in total. The second-order valence-corrected chi connectivity index (χ2v) is 11.1. The molecular formula is C28H34O8. The predicted molar refractivity (Wildman–Crippen MR) is 137 cm³/mol. The molecule has 0 radical (unpaired) electrons. The number of benzene rings is 2. The number of phenolic OH excluding ortho intramolecular Hbond substituents is 3. The molecule has 3 aromatic rings. The average Bonchev–Trinajstić information content (AvgIpc) is 3.18. The number of aromatic hydroxyl groups is 3. The van der Waals surface area contributed by atoms with E-state index in [9.17, 15) is 30.3 Å². The van der Waals surface area contributed by atoms with Gasteiger partial charge >= 0.3 is 0 Å². The molecule has 1 unspecified atom stereocenters. The van der Waals surface area contributed by atoms with Crippen LogP contribution in [0.5, 0.6) is 23.0 Å². The minimum Gasteiger partial charge on any atom is -0.507 e. The van der Waals surface area contributed by atoms with Crippen LogP contribution in [0.4, 0.5) is 0 Å². The molecule has 0 aliphatic carbocycles. The van der Waals surface area contributed by atoms with E-state index in [4.69, 9.17) is 9.15 Å². The Morgan fingerprint density at radius 3 is 2.28 bits per heavy atom. The van der Waals surface area contributed by atoms with Crippen molar-refractivity contribution in [2.45, 2.75) is 84.5 Å². The van der Waals surface area contributed by atoms with E-state index in [1.807, 2.05) is 19.9 Å². The fraction of sp³-hybridized carbons (Fsp3) is 0.464. The topological polar surface area (TPSA) is 141 Å². The maximum atomic E-state index is 13.9. The van der Waals surface area contributed by atoms with E-state index < -0.39 is 34.2 Å². The highest BCUT2D eigenvalue weighted by Crippen LogP contribution is 2.46. The zero-order valence-electron chi connectivity index (χ0n) is 21.5. The number of ether oxygens (including phenoxy) is 1. The molecule has 0 spiro atoms. The van der Waals surface area contributed by atoms with Gasteiger partial charge in [0, 0.05) is 23.6 Å². The normalized spacial score (nSPS) is 15.8. The Morgan fingerprint density at radius 1 is 1.03 bits per heavy atom. The van der Waals surface area contributed by atoms with Crippen LogP contribution in [0.3, 0.4) is 0 Å². The lowest BCUT2D eigenvalue weighted by Crippen LogP contribution is -2.39. The Hall–Kier alpha value is -3.23. The van der Waals surface area contributed by atoms with Crippen LogP contribution in [0.15, 0.2) is 26.9 Å². The van der Waals surface area contributed by atoms with E-state index in [0.29, 0.717) is 16.7 Å². The lowest BCUT2D eigenvalue weighted by molar-refractivity contribution is -0.0229. The van der Waals surface area contributed by atoms with Crippen molar-refractivity contribution in [1.29, 1.82) is 0 Å². The van der Waals surface area contributed by atoms with Gasteiger partial charge in [-0.15, -0.1) is 0 Å². The van der Waals surface area contributed by atoms with Crippen LogP contribution in [-0.4, -0.2) is 42.8 Å². The molecule has 0 saturated heterocycles. The molecule has 1 aliphatic heterocycles. The van der Waals surface area contributed by atoms with Crippen molar-refractivity contribution in [2.75, 3.05) is 0 Å². The second kappa shape index (κ2) is 8.71. The lowest BCUT2D eigenvalue weighted by atomic mass is 9.89. The molecule has 1 aliphatic rings. The van der Waals surface area contributed by atoms with E-state index in [1.54, 1.807) is 27.7 Å². The third-order valence-corrected chi connectivity index (χ3v) is 6.75. The number of hydrogen-bond acceptors (Lipinski definition) is 8. The summed E-state index contributed by atoms with van der Waals surface area (Å²) in [6.45, 7) is 10.3. The third-order valence-electron chi connectivity index (χ3n) is 6.75. The first-order chi connectivity index (χ1) is 16.6. The summed E-state index contributed by atoms with van der Waals surface area (Å²) in [6, 6.07) is 1.34. The Bertz CT molecular complexity index is 1440. The zero-order valence-corrected chi connectivity index (χ0v) is 21.5. The van der Waals surface area contributed by atoms with Crippen LogP contribution >= 0.6 is 0 Å². The number of hydrogen-bond donors (Lipinski definition) is 5. The van der Waals surface area contributed by atoms with Crippen molar-refractivity contribution in [3.63, 3.8) is 0 Å². The smallest absolute Gasteiger partial charge is 0.204 e. The first-order valence-corrected chi connectivity index (χ1v) is 12.1. The fourth-order valence-electron chi connectivity index (χ4n) is 4.67. The maximum Gasteiger partial charge on any atom is 0.204 e. The molecular weight excluding hydrogens is 464 g/mol. The summed E-state index contributed by atoms with van der Waals surface area (Å²) in [5.41, 5.74) is -0.672. The number of fused-ring (bicyclic) bond motifs is 4. The first kappa shape index (κ1) is 25.9. The number of rotatable bonds is 6. The van der Waals surface area contributed by atoms with E-state index in [0.717, 1.165) is 5.57 Å². The highest BCUT2D eigenvalue weighted by molar-refractivity contribution is 6.00. The average molecular weight is 499 g/mol. The molecule has 1 aromatic heterocycles. The molecule has 2 heterocycles. The molecule has 8 heteroatoms. The molecule has 0 amide bonds. The first-order valence-electron chi connectivity index (χ1n) is 12.1. The van der Waals surface area contributed by atoms with Crippen molar-refractivity contribution in [3.8, 4) is 23.0 Å². The summed E-state index contributed by atoms with van der Waals surface area (Å²) in [7, 11) is 0. The summed E-state index contributed by atoms with van der Waals surface area (Å²) in [5, 5.41) is 53.5. The van der Waals surface area contributed by atoms with Crippen LogP contribution in [0, 0.1) is 0 Å². The molecule has 4 rings (SSSR count). The van der Waals surface area contributed by atoms with Gasteiger partial charge in [0.2, 0.25) is 11.2 Å². The number of phenols is 3. The number of aliphatic hydroxyl groups is 2. The minimum absolute atomic E-state index is 0.0365. The quantitative estimate of drug-likeness (QED) is 0.192.